The fourth-order valence-electron chi connectivity index (χ4n) is 0.651. The number of carbonyl (C=O) groups is 1. The first-order chi connectivity index (χ1) is 5.06. The zero-order valence-electron chi connectivity index (χ0n) is 6.06. The highest BCUT2D eigenvalue weighted by Gasteiger charge is 2.08. The second-order valence-electron chi connectivity index (χ2n) is 2.27. The van der Waals surface area contributed by atoms with E-state index in [0.29, 0.717) is 0 Å². The van der Waals surface area contributed by atoms with Crippen molar-refractivity contribution in [2.45, 2.75) is 25.0 Å². The van der Waals surface area contributed by atoms with Crippen LogP contribution in [-0.4, -0.2) is 28.4 Å². The van der Waals surface area contributed by atoms with E-state index in [1.54, 1.807) is 0 Å². The summed E-state index contributed by atoms with van der Waals surface area (Å²) >= 11 is 0. The van der Waals surface area contributed by atoms with Gasteiger partial charge in [0.15, 0.2) is 0 Å². The summed E-state index contributed by atoms with van der Waals surface area (Å²) in [5.41, 5.74) is 0. The van der Waals surface area contributed by atoms with Crippen LogP contribution in [0.4, 0.5) is 0 Å². The zero-order chi connectivity index (χ0) is 8.85. The van der Waals surface area contributed by atoms with Crippen LogP contribution in [0.5, 0.6) is 0 Å². The second-order valence-corrected chi connectivity index (χ2v) is 2.27. The molecule has 2 N–H and O–H groups in total. The Labute approximate surface area is 64.8 Å². The average molecular weight is 159 g/mol. The number of aliphatic hydroxyl groups is 2. The third-order valence-electron chi connectivity index (χ3n) is 1.19. The van der Waals surface area contributed by atoms with Crippen molar-refractivity contribution in [3.63, 3.8) is 0 Å². The second kappa shape index (κ2) is 4.87. The standard InChI is InChI=1S/C7H12O4/c1-2-5(8)3-6(9)4-7(10)11/h2,5-6,8-9H,1,3-4H2,(H,10,11)/p-1. The SMILES string of the molecule is C=CC(O)CC(O)CC(=O)[O-]. The Kier molecular flexibility index (Phi) is 4.49. The molecule has 0 rings (SSSR count). The Morgan fingerprint density at radius 3 is 2.55 bits per heavy atom. The van der Waals surface area contributed by atoms with Gasteiger partial charge < -0.3 is 20.1 Å². The van der Waals surface area contributed by atoms with Crippen molar-refractivity contribution in [2.75, 3.05) is 0 Å². The molecular weight excluding hydrogens is 148 g/mol. The Morgan fingerprint density at radius 1 is 1.64 bits per heavy atom. The van der Waals surface area contributed by atoms with E-state index in [0.717, 1.165) is 0 Å². The topological polar surface area (TPSA) is 80.6 Å². The van der Waals surface area contributed by atoms with Crippen LogP contribution in [-0.2, 0) is 4.79 Å². The quantitative estimate of drug-likeness (QED) is 0.474. The number of rotatable bonds is 5. The highest BCUT2D eigenvalue weighted by molar-refractivity contribution is 5.64. The van der Waals surface area contributed by atoms with Gasteiger partial charge in [-0.05, 0) is 0 Å². The van der Waals surface area contributed by atoms with E-state index in [-0.39, 0.29) is 6.42 Å². The largest absolute Gasteiger partial charge is 0.550 e. The molecular formula is C7H11O4-. The van der Waals surface area contributed by atoms with Gasteiger partial charge in [-0.25, -0.2) is 0 Å². The maximum absolute atomic E-state index is 9.90. The van der Waals surface area contributed by atoms with Gasteiger partial charge in [0.2, 0.25) is 0 Å². The van der Waals surface area contributed by atoms with E-state index in [1.807, 2.05) is 0 Å². The molecule has 0 aromatic rings. The predicted octanol–water partition coefficient (Wildman–Crippen LogP) is -1.58. The van der Waals surface area contributed by atoms with Gasteiger partial charge in [0.05, 0.1) is 12.2 Å². The molecule has 0 aliphatic heterocycles. The molecule has 0 fully saturated rings. The van der Waals surface area contributed by atoms with E-state index in [4.69, 9.17) is 10.2 Å². The van der Waals surface area contributed by atoms with Gasteiger partial charge in [0, 0.05) is 18.8 Å². The maximum atomic E-state index is 9.90. The van der Waals surface area contributed by atoms with Gasteiger partial charge in [-0.1, -0.05) is 6.08 Å². The van der Waals surface area contributed by atoms with Crippen molar-refractivity contribution in [1.82, 2.24) is 0 Å². The Bertz CT molecular complexity index is 143. The van der Waals surface area contributed by atoms with E-state index in [9.17, 15) is 9.90 Å². The lowest BCUT2D eigenvalue weighted by molar-refractivity contribution is -0.307. The van der Waals surface area contributed by atoms with Crippen LogP contribution < -0.4 is 5.11 Å². The molecule has 0 bridgehead atoms. The summed E-state index contributed by atoms with van der Waals surface area (Å²) in [5, 5.41) is 27.6. The monoisotopic (exact) mass is 159 g/mol. The minimum Gasteiger partial charge on any atom is -0.550 e. The number of aliphatic carboxylic acids is 1. The van der Waals surface area contributed by atoms with Crippen LogP contribution in [0.2, 0.25) is 0 Å². The fraction of sp³-hybridized carbons (Fsp3) is 0.571. The lowest BCUT2D eigenvalue weighted by Crippen LogP contribution is -2.29. The first-order valence-corrected chi connectivity index (χ1v) is 3.24. The normalized spacial score (nSPS) is 15.5. The lowest BCUT2D eigenvalue weighted by atomic mass is 10.1. The van der Waals surface area contributed by atoms with Crippen LogP contribution in [0.25, 0.3) is 0 Å². The first-order valence-electron chi connectivity index (χ1n) is 3.24. The summed E-state index contributed by atoms with van der Waals surface area (Å²) < 4.78 is 0. The smallest absolute Gasteiger partial charge is 0.0743 e. The Hall–Kier alpha value is -0.870. The summed E-state index contributed by atoms with van der Waals surface area (Å²) in [6, 6.07) is 0. The van der Waals surface area contributed by atoms with Gasteiger partial charge in [-0.15, -0.1) is 6.58 Å². The van der Waals surface area contributed by atoms with Crippen molar-refractivity contribution in [3.8, 4) is 0 Å². The third kappa shape index (κ3) is 5.57. The molecule has 0 aliphatic carbocycles. The number of hydrogen-bond donors (Lipinski definition) is 2. The third-order valence-corrected chi connectivity index (χ3v) is 1.19. The summed E-state index contributed by atoms with van der Waals surface area (Å²) in [6.45, 7) is 3.27. The van der Waals surface area contributed by atoms with E-state index >= 15 is 0 Å². The van der Waals surface area contributed by atoms with Gasteiger partial charge in [-0.3, -0.25) is 0 Å². The number of carboxylic acids is 1. The predicted molar refractivity (Wildman–Crippen MR) is 36.5 cm³/mol. The summed E-state index contributed by atoms with van der Waals surface area (Å²) in [5.74, 6) is -1.33. The van der Waals surface area contributed by atoms with Crippen molar-refractivity contribution < 1.29 is 20.1 Å². The first kappa shape index (κ1) is 10.1. The van der Waals surface area contributed by atoms with Crippen LogP contribution in [0.3, 0.4) is 0 Å². The molecule has 0 radical (unpaired) electrons. The molecule has 0 heterocycles. The summed E-state index contributed by atoms with van der Waals surface area (Å²) in [7, 11) is 0. The lowest BCUT2D eigenvalue weighted by Gasteiger charge is -2.12. The molecule has 2 unspecified atom stereocenters. The summed E-state index contributed by atoms with van der Waals surface area (Å²) in [6.07, 6.45) is -1.15. The minimum atomic E-state index is -1.33. The molecule has 2 atom stereocenters. The molecule has 0 aliphatic rings. The molecule has 0 saturated heterocycles. The van der Waals surface area contributed by atoms with Gasteiger partial charge in [-0.2, -0.15) is 0 Å². The zero-order valence-corrected chi connectivity index (χ0v) is 6.06. The van der Waals surface area contributed by atoms with Gasteiger partial charge in [0.1, 0.15) is 0 Å². The maximum Gasteiger partial charge on any atom is 0.0743 e. The number of aliphatic hydroxyl groups excluding tert-OH is 2. The van der Waals surface area contributed by atoms with Gasteiger partial charge in [0.25, 0.3) is 0 Å². The Morgan fingerprint density at radius 2 is 2.18 bits per heavy atom. The number of hydrogen-bond acceptors (Lipinski definition) is 4. The Balaban J connectivity index is 3.59. The minimum absolute atomic E-state index is 0.0164. The van der Waals surface area contributed by atoms with Crippen LogP contribution in [0.1, 0.15) is 12.8 Å². The molecule has 0 aromatic heterocycles. The van der Waals surface area contributed by atoms with Gasteiger partial charge >= 0.3 is 0 Å². The fourth-order valence-corrected chi connectivity index (χ4v) is 0.651. The molecule has 0 amide bonds. The van der Waals surface area contributed by atoms with E-state index < -0.39 is 24.6 Å². The molecule has 4 heteroatoms. The molecule has 64 valence electrons. The number of carbonyl (C=O) groups excluding carboxylic acids is 1. The molecule has 4 nitrogen and oxygen atoms in total. The highest BCUT2D eigenvalue weighted by atomic mass is 16.4. The van der Waals surface area contributed by atoms with E-state index in [1.165, 1.54) is 6.08 Å². The molecule has 11 heavy (non-hydrogen) atoms. The highest BCUT2D eigenvalue weighted by Crippen LogP contribution is 2.01. The van der Waals surface area contributed by atoms with E-state index in [2.05, 4.69) is 6.58 Å². The number of carboxylic acid groups (broad SMARTS) is 1. The van der Waals surface area contributed by atoms with Crippen molar-refractivity contribution >= 4 is 5.97 Å². The van der Waals surface area contributed by atoms with Crippen molar-refractivity contribution in [2.24, 2.45) is 0 Å². The van der Waals surface area contributed by atoms with Crippen LogP contribution >= 0.6 is 0 Å². The average Bonchev–Trinajstić information content (AvgIpc) is 1.85. The van der Waals surface area contributed by atoms with Crippen molar-refractivity contribution in [1.29, 1.82) is 0 Å². The van der Waals surface area contributed by atoms with Crippen molar-refractivity contribution in [3.05, 3.63) is 12.7 Å². The summed E-state index contributed by atoms with van der Waals surface area (Å²) in [4.78, 5) is 9.90. The van der Waals surface area contributed by atoms with Crippen LogP contribution in [0.15, 0.2) is 12.7 Å². The molecule has 0 saturated carbocycles. The van der Waals surface area contributed by atoms with Crippen LogP contribution in [0, 0.1) is 0 Å². The molecule has 0 spiro atoms. The molecule has 0 aromatic carbocycles.